The standard InChI is InChI=1S/C21H25N5O2.C2HF3O2/c1-15(2)26-19(6-7-24-26)18-13-25(12-17-5-3-4-16(10-17)11-22)14-21(18)20(27)23-8-9-28-21;3-2(4,5)1(6)7/h3-7,10,15,18H,8-9,12-14H2,1-2H3,(H,23,27);(H,6,7). The van der Waals surface area contributed by atoms with Gasteiger partial charge in [-0.2, -0.15) is 23.5 Å². The van der Waals surface area contributed by atoms with Crippen molar-refractivity contribution >= 4 is 11.9 Å². The Kier molecular flexibility index (Phi) is 7.82. The van der Waals surface area contributed by atoms with Gasteiger partial charge in [-0.3, -0.25) is 14.4 Å². The molecule has 0 saturated carbocycles. The summed E-state index contributed by atoms with van der Waals surface area (Å²) in [4.78, 5) is 24.1. The maximum absolute atomic E-state index is 13.0. The molecule has 2 aromatic rings. The monoisotopic (exact) mass is 493 g/mol. The van der Waals surface area contributed by atoms with Gasteiger partial charge in [-0.1, -0.05) is 12.1 Å². The first-order chi connectivity index (χ1) is 16.5. The lowest BCUT2D eigenvalue weighted by molar-refractivity contribution is -0.192. The first-order valence-corrected chi connectivity index (χ1v) is 10.9. The number of carbonyl (C=O) groups excluding carboxylic acids is 1. The van der Waals surface area contributed by atoms with Gasteiger partial charge in [0.05, 0.1) is 24.2 Å². The van der Waals surface area contributed by atoms with Gasteiger partial charge in [0, 0.05) is 44.1 Å². The van der Waals surface area contributed by atoms with Gasteiger partial charge in [0.25, 0.3) is 5.91 Å². The Labute approximate surface area is 200 Å². The van der Waals surface area contributed by atoms with E-state index in [1.807, 2.05) is 28.9 Å². The van der Waals surface area contributed by atoms with Crippen molar-refractivity contribution in [3.8, 4) is 6.07 Å². The van der Waals surface area contributed by atoms with Crippen molar-refractivity contribution < 1.29 is 32.6 Å². The third kappa shape index (κ3) is 5.80. The van der Waals surface area contributed by atoms with Gasteiger partial charge in [0.1, 0.15) is 0 Å². The van der Waals surface area contributed by atoms with Crippen LogP contribution in [0.1, 0.15) is 42.6 Å². The van der Waals surface area contributed by atoms with E-state index in [-0.39, 0.29) is 17.9 Å². The molecule has 35 heavy (non-hydrogen) atoms. The second kappa shape index (κ2) is 10.5. The second-order valence-corrected chi connectivity index (χ2v) is 8.63. The van der Waals surface area contributed by atoms with E-state index < -0.39 is 17.7 Å². The molecule has 2 unspecified atom stereocenters. The Morgan fingerprint density at radius 1 is 1.40 bits per heavy atom. The number of aliphatic carboxylic acids is 1. The molecule has 2 atom stereocenters. The zero-order chi connectivity index (χ0) is 25.8. The minimum Gasteiger partial charge on any atom is -0.475 e. The molecule has 2 fully saturated rings. The number of nitrogens with one attached hydrogen (secondary N) is 1. The predicted octanol–water partition coefficient (Wildman–Crippen LogP) is 2.45. The Bertz CT molecular complexity index is 1110. The van der Waals surface area contributed by atoms with Gasteiger partial charge in [0.2, 0.25) is 0 Å². The van der Waals surface area contributed by atoms with Crippen molar-refractivity contribution in [3.63, 3.8) is 0 Å². The Morgan fingerprint density at radius 2 is 2.11 bits per heavy atom. The first-order valence-electron chi connectivity index (χ1n) is 10.9. The Hall–Kier alpha value is -3.43. The summed E-state index contributed by atoms with van der Waals surface area (Å²) >= 11 is 0. The molecule has 1 aromatic carbocycles. The number of carboxylic acid groups (broad SMARTS) is 1. The number of hydrogen-bond acceptors (Lipinski definition) is 6. The van der Waals surface area contributed by atoms with Crippen LogP contribution in [0.3, 0.4) is 0 Å². The van der Waals surface area contributed by atoms with Crippen molar-refractivity contribution in [1.82, 2.24) is 20.0 Å². The maximum atomic E-state index is 13.0. The van der Waals surface area contributed by atoms with Crippen LogP contribution >= 0.6 is 0 Å². The highest BCUT2D eigenvalue weighted by molar-refractivity contribution is 5.88. The predicted molar refractivity (Wildman–Crippen MR) is 117 cm³/mol. The molecule has 12 heteroatoms. The van der Waals surface area contributed by atoms with Crippen LogP contribution in [-0.2, 0) is 20.9 Å². The number of amides is 1. The average Bonchev–Trinajstić information content (AvgIpc) is 3.41. The van der Waals surface area contributed by atoms with Crippen LogP contribution in [0.2, 0.25) is 0 Å². The zero-order valence-electron chi connectivity index (χ0n) is 19.2. The molecule has 1 aromatic heterocycles. The molecule has 0 aliphatic carbocycles. The molecule has 1 amide bonds. The first kappa shape index (κ1) is 26.2. The van der Waals surface area contributed by atoms with E-state index >= 15 is 0 Å². The Balaban J connectivity index is 0.000000429. The van der Waals surface area contributed by atoms with E-state index in [4.69, 9.17) is 19.9 Å². The van der Waals surface area contributed by atoms with Gasteiger partial charge in [-0.25, -0.2) is 4.79 Å². The van der Waals surface area contributed by atoms with Crippen LogP contribution in [0.4, 0.5) is 13.2 Å². The number of carboxylic acids is 1. The number of alkyl halides is 3. The fraction of sp³-hybridized carbons (Fsp3) is 0.478. The number of nitriles is 1. The minimum atomic E-state index is -5.08. The lowest BCUT2D eigenvalue weighted by atomic mass is 9.86. The summed E-state index contributed by atoms with van der Waals surface area (Å²) in [6.45, 7) is 7.11. The summed E-state index contributed by atoms with van der Waals surface area (Å²) in [7, 11) is 0. The van der Waals surface area contributed by atoms with Crippen molar-refractivity contribution in [3.05, 3.63) is 53.3 Å². The molecule has 1 spiro atoms. The van der Waals surface area contributed by atoms with Crippen LogP contribution in [0.15, 0.2) is 36.5 Å². The van der Waals surface area contributed by atoms with E-state index in [2.05, 4.69) is 35.2 Å². The van der Waals surface area contributed by atoms with Crippen molar-refractivity contribution in [2.45, 2.75) is 44.1 Å². The van der Waals surface area contributed by atoms with Gasteiger partial charge in [-0.05, 0) is 37.6 Å². The number of carbonyl (C=O) groups is 2. The molecule has 2 saturated heterocycles. The molecule has 0 bridgehead atoms. The molecule has 2 aliphatic heterocycles. The van der Waals surface area contributed by atoms with E-state index in [1.54, 1.807) is 12.3 Å². The van der Waals surface area contributed by atoms with Crippen molar-refractivity contribution in [1.29, 1.82) is 5.26 Å². The minimum absolute atomic E-state index is 0.0477. The molecule has 0 radical (unpaired) electrons. The number of hydrogen-bond donors (Lipinski definition) is 2. The van der Waals surface area contributed by atoms with Crippen molar-refractivity contribution in [2.75, 3.05) is 26.2 Å². The van der Waals surface area contributed by atoms with Crippen LogP contribution in [0, 0.1) is 11.3 Å². The summed E-state index contributed by atoms with van der Waals surface area (Å²) in [5.74, 6) is -2.90. The summed E-state index contributed by atoms with van der Waals surface area (Å²) in [5.41, 5.74) is 1.83. The third-order valence-electron chi connectivity index (χ3n) is 5.85. The lowest BCUT2D eigenvalue weighted by Gasteiger charge is -2.37. The van der Waals surface area contributed by atoms with Crippen LogP contribution in [0.5, 0.6) is 0 Å². The number of benzene rings is 1. The van der Waals surface area contributed by atoms with E-state index in [0.29, 0.717) is 38.3 Å². The van der Waals surface area contributed by atoms with Crippen LogP contribution < -0.4 is 5.32 Å². The average molecular weight is 493 g/mol. The number of aromatic nitrogens is 2. The number of morpholine rings is 1. The lowest BCUT2D eigenvalue weighted by Crippen LogP contribution is -2.59. The highest BCUT2D eigenvalue weighted by Gasteiger charge is 2.56. The molecular weight excluding hydrogens is 467 g/mol. The van der Waals surface area contributed by atoms with Gasteiger partial charge < -0.3 is 15.2 Å². The summed E-state index contributed by atoms with van der Waals surface area (Å²) < 4.78 is 39.9. The molecule has 3 heterocycles. The quantitative estimate of drug-likeness (QED) is 0.671. The third-order valence-corrected chi connectivity index (χ3v) is 5.85. The van der Waals surface area contributed by atoms with Gasteiger partial charge >= 0.3 is 12.1 Å². The summed E-state index contributed by atoms with van der Waals surface area (Å²) in [6, 6.07) is 12.0. The highest BCUT2D eigenvalue weighted by Crippen LogP contribution is 2.41. The number of halogens is 3. The van der Waals surface area contributed by atoms with E-state index in [1.165, 1.54) is 0 Å². The Morgan fingerprint density at radius 3 is 2.71 bits per heavy atom. The molecule has 188 valence electrons. The van der Waals surface area contributed by atoms with Crippen molar-refractivity contribution in [2.24, 2.45) is 0 Å². The number of nitrogens with zero attached hydrogens (tertiary/aromatic N) is 4. The molecule has 9 nitrogen and oxygen atoms in total. The second-order valence-electron chi connectivity index (χ2n) is 8.63. The smallest absolute Gasteiger partial charge is 0.475 e. The summed E-state index contributed by atoms with van der Waals surface area (Å²) in [6.07, 6.45) is -3.29. The largest absolute Gasteiger partial charge is 0.490 e. The van der Waals surface area contributed by atoms with Gasteiger partial charge in [0.15, 0.2) is 5.60 Å². The maximum Gasteiger partial charge on any atom is 0.490 e. The SMILES string of the molecule is CC(C)n1nccc1C1CN(Cc2cccc(C#N)c2)CC12OCCNC2=O.O=C(O)C(F)(F)F. The molecule has 2 aliphatic rings. The number of ether oxygens (including phenoxy) is 1. The van der Waals surface area contributed by atoms with Crippen LogP contribution in [0.25, 0.3) is 0 Å². The number of likely N-dealkylation sites (tertiary alicyclic amines) is 1. The number of rotatable bonds is 4. The van der Waals surface area contributed by atoms with Crippen LogP contribution in [-0.4, -0.2) is 69.7 Å². The molecule has 4 rings (SSSR count). The molecular formula is C23H26F3N5O4. The topological polar surface area (TPSA) is 120 Å². The van der Waals surface area contributed by atoms with E-state index in [0.717, 1.165) is 11.3 Å². The molecule has 2 N–H and O–H groups in total. The zero-order valence-corrected chi connectivity index (χ0v) is 19.2. The van der Waals surface area contributed by atoms with Gasteiger partial charge in [-0.15, -0.1) is 0 Å². The normalized spacial score (nSPS) is 22.4. The van der Waals surface area contributed by atoms with E-state index in [9.17, 15) is 18.0 Å². The summed E-state index contributed by atoms with van der Waals surface area (Å²) in [5, 5.41) is 23.7. The fourth-order valence-corrected chi connectivity index (χ4v) is 4.38. The fourth-order valence-electron chi connectivity index (χ4n) is 4.38. The highest BCUT2D eigenvalue weighted by atomic mass is 19.4.